The van der Waals surface area contributed by atoms with E-state index in [2.05, 4.69) is 51.4 Å². The number of anilines is 1. The first-order valence-electron chi connectivity index (χ1n) is 8.76. The smallest absolute Gasteiger partial charge is 0.243 e. The van der Waals surface area contributed by atoms with Crippen molar-refractivity contribution in [3.05, 3.63) is 43.0 Å². The number of halogens is 1. The fourth-order valence-corrected chi connectivity index (χ4v) is 2.72. The van der Waals surface area contributed by atoms with Crippen LogP contribution < -0.4 is 15.5 Å². The van der Waals surface area contributed by atoms with Crippen LogP contribution in [0.4, 0.5) is 5.69 Å². The quantitative estimate of drug-likeness (QED) is 0.289. The minimum atomic E-state index is -0.0152. The Labute approximate surface area is 173 Å². The van der Waals surface area contributed by atoms with Crippen molar-refractivity contribution in [3.8, 4) is 0 Å². The van der Waals surface area contributed by atoms with Crippen molar-refractivity contribution in [2.75, 3.05) is 45.2 Å². The van der Waals surface area contributed by atoms with E-state index >= 15 is 0 Å². The Bertz CT molecular complexity index is 583. The zero-order valence-electron chi connectivity index (χ0n) is 15.6. The minimum absolute atomic E-state index is 0. The molecule has 6 nitrogen and oxygen atoms in total. The Hall–Kier alpha value is -1.77. The third kappa shape index (κ3) is 7.23. The summed E-state index contributed by atoms with van der Waals surface area (Å²) in [5.41, 5.74) is 1.27. The predicted molar refractivity (Wildman–Crippen MR) is 119 cm³/mol. The first-order chi connectivity index (χ1) is 12.1. The molecule has 1 aromatic rings. The number of nitrogens with zero attached hydrogens (tertiary/aromatic N) is 3. The van der Waals surface area contributed by atoms with Gasteiger partial charge in [-0.25, -0.2) is 4.99 Å². The van der Waals surface area contributed by atoms with Gasteiger partial charge in [0.15, 0.2) is 5.96 Å². The fraction of sp³-hybridized carbons (Fsp3) is 0.474. The van der Waals surface area contributed by atoms with Crippen LogP contribution in [0.3, 0.4) is 0 Å². The second-order valence-corrected chi connectivity index (χ2v) is 6.36. The summed E-state index contributed by atoms with van der Waals surface area (Å²) < 4.78 is 0. The summed E-state index contributed by atoms with van der Waals surface area (Å²) in [6.07, 6.45) is 3.85. The average molecular weight is 471 g/mol. The normalized spacial score (nSPS) is 15.0. The number of likely N-dealkylation sites (N-methyl/N-ethyl adjacent to an activating group) is 1. The van der Waals surface area contributed by atoms with Gasteiger partial charge in [-0.2, -0.15) is 0 Å². The van der Waals surface area contributed by atoms with Crippen molar-refractivity contribution in [1.82, 2.24) is 15.5 Å². The van der Waals surface area contributed by atoms with Crippen LogP contribution in [0.2, 0.25) is 0 Å². The highest BCUT2D eigenvalue weighted by Gasteiger charge is 2.20. The lowest BCUT2D eigenvalue weighted by molar-refractivity contribution is -0.127. The molecule has 0 bridgehead atoms. The number of nitrogens with one attached hydrogen (secondary N) is 2. The van der Waals surface area contributed by atoms with Crippen molar-refractivity contribution < 1.29 is 4.79 Å². The van der Waals surface area contributed by atoms with E-state index < -0.39 is 0 Å². The SMILES string of the molecule is C=CCNC(=NCC(=O)N(C)C)NC1CCN(c2ccccc2)CC1.I. The van der Waals surface area contributed by atoms with Gasteiger partial charge >= 0.3 is 0 Å². The molecule has 144 valence electrons. The van der Waals surface area contributed by atoms with E-state index in [4.69, 9.17) is 0 Å². The molecule has 1 fully saturated rings. The van der Waals surface area contributed by atoms with E-state index in [1.807, 2.05) is 6.07 Å². The van der Waals surface area contributed by atoms with Gasteiger partial charge in [0.05, 0.1) is 0 Å². The maximum Gasteiger partial charge on any atom is 0.243 e. The molecule has 7 heteroatoms. The van der Waals surface area contributed by atoms with Gasteiger partial charge in [0.1, 0.15) is 6.54 Å². The topological polar surface area (TPSA) is 60.0 Å². The second kappa shape index (κ2) is 11.8. The summed E-state index contributed by atoms with van der Waals surface area (Å²) in [5, 5.41) is 6.64. The van der Waals surface area contributed by atoms with Gasteiger partial charge in [-0.05, 0) is 25.0 Å². The predicted octanol–water partition coefficient (Wildman–Crippen LogP) is 2.08. The monoisotopic (exact) mass is 471 g/mol. The average Bonchev–Trinajstić information content (AvgIpc) is 2.64. The molecule has 1 aliphatic rings. The summed E-state index contributed by atoms with van der Waals surface area (Å²) in [6, 6.07) is 10.8. The van der Waals surface area contributed by atoms with E-state index in [0.717, 1.165) is 25.9 Å². The Morgan fingerprint density at radius 2 is 1.96 bits per heavy atom. The lowest BCUT2D eigenvalue weighted by atomic mass is 10.0. The Morgan fingerprint density at radius 3 is 2.54 bits per heavy atom. The number of amides is 1. The maximum atomic E-state index is 11.7. The Kier molecular flexibility index (Phi) is 10.1. The highest BCUT2D eigenvalue weighted by atomic mass is 127. The molecule has 2 rings (SSSR count). The van der Waals surface area contributed by atoms with Crippen molar-refractivity contribution in [1.29, 1.82) is 0 Å². The number of guanidine groups is 1. The molecular formula is C19H30IN5O. The Balaban J connectivity index is 0.00000338. The van der Waals surface area contributed by atoms with E-state index in [0.29, 0.717) is 18.5 Å². The molecule has 0 aromatic heterocycles. The van der Waals surface area contributed by atoms with Crippen LogP contribution in [0, 0.1) is 0 Å². The van der Waals surface area contributed by atoms with Gasteiger partial charge in [0, 0.05) is 45.5 Å². The molecule has 2 N–H and O–H groups in total. The Morgan fingerprint density at radius 1 is 1.31 bits per heavy atom. The summed E-state index contributed by atoms with van der Waals surface area (Å²) in [7, 11) is 3.48. The van der Waals surface area contributed by atoms with Gasteiger partial charge in [0.25, 0.3) is 0 Å². The highest BCUT2D eigenvalue weighted by Crippen LogP contribution is 2.19. The number of piperidine rings is 1. The largest absolute Gasteiger partial charge is 0.371 e. The number of hydrogen-bond donors (Lipinski definition) is 2. The molecule has 1 aliphatic heterocycles. The molecule has 26 heavy (non-hydrogen) atoms. The van der Waals surface area contributed by atoms with Crippen molar-refractivity contribution in [2.24, 2.45) is 4.99 Å². The zero-order valence-corrected chi connectivity index (χ0v) is 18.0. The van der Waals surface area contributed by atoms with E-state index in [1.54, 1.807) is 25.1 Å². The second-order valence-electron chi connectivity index (χ2n) is 6.36. The van der Waals surface area contributed by atoms with E-state index in [1.165, 1.54) is 5.69 Å². The molecule has 0 spiro atoms. The van der Waals surface area contributed by atoms with Crippen LogP contribution in [-0.4, -0.2) is 63.1 Å². The van der Waals surface area contributed by atoms with E-state index in [-0.39, 0.29) is 36.4 Å². The van der Waals surface area contributed by atoms with Gasteiger partial charge in [0.2, 0.25) is 5.91 Å². The zero-order chi connectivity index (χ0) is 18.1. The summed E-state index contributed by atoms with van der Waals surface area (Å²) in [4.78, 5) is 20.1. The van der Waals surface area contributed by atoms with Gasteiger partial charge in [-0.3, -0.25) is 4.79 Å². The van der Waals surface area contributed by atoms with Gasteiger partial charge < -0.3 is 20.4 Å². The summed E-state index contributed by atoms with van der Waals surface area (Å²) >= 11 is 0. The van der Waals surface area contributed by atoms with Crippen LogP contribution >= 0.6 is 24.0 Å². The molecule has 1 saturated heterocycles. The van der Waals surface area contributed by atoms with Crippen LogP contribution in [0.15, 0.2) is 48.0 Å². The van der Waals surface area contributed by atoms with Crippen LogP contribution in [0.25, 0.3) is 0 Å². The third-order valence-electron chi connectivity index (χ3n) is 4.24. The number of para-hydroxylation sites is 1. The molecular weight excluding hydrogens is 441 g/mol. The first-order valence-corrected chi connectivity index (χ1v) is 8.76. The van der Waals surface area contributed by atoms with E-state index in [9.17, 15) is 4.79 Å². The molecule has 0 atom stereocenters. The summed E-state index contributed by atoms with van der Waals surface area (Å²) in [5.74, 6) is 0.659. The summed E-state index contributed by atoms with van der Waals surface area (Å²) in [6.45, 7) is 6.49. The maximum absolute atomic E-state index is 11.7. The minimum Gasteiger partial charge on any atom is -0.371 e. The molecule has 0 radical (unpaired) electrons. The molecule has 1 aromatic carbocycles. The molecule has 0 aliphatic carbocycles. The first kappa shape index (κ1) is 22.3. The number of carbonyl (C=O) groups excluding carboxylic acids is 1. The molecule has 0 unspecified atom stereocenters. The molecule has 1 heterocycles. The number of carbonyl (C=O) groups is 1. The van der Waals surface area contributed by atoms with Crippen molar-refractivity contribution >= 4 is 41.5 Å². The third-order valence-corrected chi connectivity index (χ3v) is 4.24. The highest BCUT2D eigenvalue weighted by molar-refractivity contribution is 14.0. The number of aliphatic imine (C=N–C) groups is 1. The fourth-order valence-electron chi connectivity index (χ4n) is 2.72. The van der Waals surface area contributed by atoms with Crippen LogP contribution in [0.1, 0.15) is 12.8 Å². The van der Waals surface area contributed by atoms with Gasteiger partial charge in [-0.15, -0.1) is 30.6 Å². The van der Waals surface area contributed by atoms with Crippen molar-refractivity contribution in [2.45, 2.75) is 18.9 Å². The molecule has 0 saturated carbocycles. The van der Waals surface area contributed by atoms with Crippen LogP contribution in [-0.2, 0) is 4.79 Å². The molecule has 1 amide bonds. The number of benzene rings is 1. The lowest BCUT2D eigenvalue weighted by Crippen LogP contribution is -2.49. The van der Waals surface area contributed by atoms with Crippen molar-refractivity contribution in [3.63, 3.8) is 0 Å². The number of hydrogen-bond acceptors (Lipinski definition) is 3. The standard InChI is InChI=1S/C19H29N5O.HI/c1-4-12-20-19(21-15-18(25)23(2)3)22-16-10-13-24(14-11-16)17-8-6-5-7-9-17;/h4-9,16H,1,10-15H2,2-3H3,(H2,20,21,22);1H. The number of rotatable bonds is 6. The van der Waals surface area contributed by atoms with Gasteiger partial charge in [-0.1, -0.05) is 24.3 Å². The lowest BCUT2D eigenvalue weighted by Gasteiger charge is -2.34. The van der Waals surface area contributed by atoms with Crippen LogP contribution in [0.5, 0.6) is 0 Å².